The fourth-order valence-corrected chi connectivity index (χ4v) is 0.503. The average molecular weight is 161 g/mol. The van der Waals surface area contributed by atoms with Gasteiger partial charge in [-0.15, -0.1) is 0 Å². The maximum Gasteiger partial charge on any atom is 0.235 e. The second-order valence-corrected chi connectivity index (χ2v) is 4.31. The molecule has 0 atom stereocenters. The highest BCUT2D eigenvalue weighted by Gasteiger charge is 2.22. The molecule has 0 heterocycles. The Kier molecular flexibility index (Phi) is 3.22. The fraction of sp³-hybridized carbons (Fsp3) is 0.857. The van der Waals surface area contributed by atoms with E-state index in [1.165, 1.54) is 0 Å². The first-order valence-corrected chi connectivity index (χ1v) is 3.82. The normalized spacial score (nSPS) is 11.8. The highest BCUT2D eigenvalue weighted by atomic mass is 32.1. The van der Waals surface area contributed by atoms with Gasteiger partial charge in [0.15, 0.2) is 0 Å². The van der Waals surface area contributed by atoms with Crippen LogP contribution in [0.25, 0.3) is 0 Å². The number of carbonyl (C=O) groups is 1. The molecule has 0 rings (SSSR count). The lowest BCUT2D eigenvalue weighted by atomic mass is 10.2. The van der Waals surface area contributed by atoms with Crippen LogP contribution in [0.1, 0.15) is 27.7 Å². The molecule has 0 saturated carbocycles. The van der Waals surface area contributed by atoms with Gasteiger partial charge in [0.2, 0.25) is 5.91 Å². The van der Waals surface area contributed by atoms with Gasteiger partial charge in [-0.3, -0.25) is 4.79 Å². The maximum absolute atomic E-state index is 11.1. The van der Waals surface area contributed by atoms with Crippen LogP contribution < -0.4 is 5.32 Å². The van der Waals surface area contributed by atoms with Crippen molar-refractivity contribution in [2.24, 2.45) is 0 Å². The van der Waals surface area contributed by atoms with E-state index in [4.69, 9.17) is 0 Å². The number of carbonyl (C=O) groups excluding carboxylic acids is 1. The SMILES string of the molecule is CC(C)NC(=O)C(C)(C)S. The molecule has 0 aliphatic rings. The summed E-state index contributed by atoms with van der Waals surface area (Å²) in [5.41, 5.74) is 0. The molecule has 0 aromatic rings. The van der Waals surface area contributed by atoms with Crippen molar-refractivity contribution in [2.75, 3.05) is 0 Å². The molecule has 1 amide bonds. The van der Waals surface area contributed by atoms with E-state index in [0.717, 1.165) is 0 Å². The van der Waals surface area contributed by atoms with Gasteiger partial charge in [0, 0.05) is 6.04 Å². The lowest BCUT2D eigenvalue weighted by Gasteiger charge is -2.18. The van der Waals surface area contributed by atoms with E-state index in [0.29, 0.717) is 0 Å². The maximum atomic E-state index is 11.1. The number of amides is 1. The van der Waals surface area contributed by atoms with Crippen LogP contribution in [0, 0.1) is 0 Å². The Morgan fingerprint density at radius 2 is 1.90 bits per heavy atom. The molecule has 0 spiro atoms. The molecule has 0 radical (unpaired) electrons. The highest BCUT2D eigenvalue weighted by Crippen LogP contribution is 2.11. The second kappa shape index (κ2) is 3.28. The van der Waals surface area contributed by atoms with E-state index < -0.39 is 4.75 Å². The van der Waals surface area contributed by atoms with Crippen molar-refractivity contribution in [1.82, 2.24) is 5.32 Å². The van der Waals surface area contributed by atoms with E-state index in [2.05, 4.69) is 17.9 Å². The smallest absolute Gasteiger partial charge is 0.235 e. The summed E-state index contributed by atoms with van der Waals surface area (Å²) >= 11 is 4.11. The first-order chi connectivity index (χ1) is 4.34. The van der Waals surface area contributed by atoms with Crippen molar-refractivity contribution < 1.29 is 4.79 Å². The van der Waals surface area contributed by atoms with Crippen molar-refractivity contribution in [3.05, 3.63) is 0 Å². The molecule has 0 fully saturated rings. The lowest BCUT2D eigenvalue weighted by molar-refractivity contribution is -0.123. The zero-order chi connectivity index (χ0) is 8.36. The van der Waals surface area contributed by atoms with Gasteiger partial charge in [0.1, 0.15) is 0 Å². The zero-order valence-electron chi connectivity index (χ0n) is 6.93. The van der Waals surface area contributed by atoms with Gasteiger partial charge in [0.25, 0.3) is 0 Å². The van der Waals surface area contributed by atoms with Crippen LogP contribution in [0.15, 0.2) is 0 Å². The Labute approximate surface area is 67.8 Å². The summed E-state index contributed by atoms with van der Waals surface area (Å²) in [5, 5.41) is 2.77. The summed E-state index contributed by atoms with van der Waals surface area (Å²) in [6.45, 7) is 7.40. The number of thiol groups is 1. The van der Waals surface area contributed by atoms with Gasteiger partial charge in [0.05, 0.1) is 4.75 Å². The van der Waals surface area contributed by atoms with Gasteiger partial charge in [-0.25, -0.2) is 0 Å². The number of rotatable bonds is 2. The molecule has 0 unspecified atom stereocenters. The van der Waals surface area contributed by atoms with E-state index in [1.807, 2.05) is 13.8 Å². The fourth-order valence-electron chi connectivity index (χ4n) is 0.439. The van der Waals surface area contributed by atoms with Crippen LogP contribution in [0.5, 0.6) is 0 Å². The van der Waals surface area contributed by atoms with Crippen LogP contribution in [0.4, 0.5) is 0 Å². The van der Waals surface area contributed by atoms with Gasteiger partial charge < -0.3 is 5.32 Å². The average Bonchev–Trinajstić information content (AvgIpc) is 1.60. The standard InChI is InChI=1S/C7H15NOS/c1-5(2)8-6(9)7(3,4)10/h5,10H,1-4H3,(H,8,9). The van der Waals surface area contributed by atoms with Crippen molar-refractivity contribution in [3.63, 3.8) is 0 Å². The Hall–Kier alpha value is -0.180. The van der Waals surface area contributed by atoms with Gasteiger partial charge in [-0.2, -0.15) is 12.6 Å². The summed E-state index contributed by atoms with van der Waals surface area (Å²) in [4.78, 5) is 11.1. The Morgan fingerprint density at radius 3 is 2.00 bits per heavy atom. The molecular weight excluding hydrogens is 146 g/mol. The van der Waals surface area contributed by atoms with Crippen molar-refractivity contribution >= 4 is 18.5 Å². The van der Waals surface area contributed by atoms with Gasteiger partial charge in [-0.05, 0) is 27.7 Å². The molecule has 1 N–H and O–H groups in total. The third-order valence-corrected chi connectivity index (χ3v) is 1.18. The van der Waals surface area contributed by atoms with Gasteiger partial charge in [-0.1, -0.05) is 0 Å². The monoisotopic (exact) mass is 161 g/mol. The second-order valence-electron chi connectivity index (χ2n) is 3.19. The zero-order valence-corrected chi connectivity index (χ0v) is 7.83. The van der Waals surface area contributed by atoms with E-state index in [9.17, 15) is 4.79 Å². The minimum absolute atomic E-state index is 0.0224. The quantitative estimate of drug-likeness (QED) is 0.586. The molecule has 0 aliphatic carbocycles. The summed E-state index contributed by atoms with van der Waals surface area (Å²) in [7, 11) is 0. The largest absolute Gasteiger partial charge is 0.353 e. The Morgan fingerprint density at radius 1 is 1.50 bits per heavy atom. The Balaban J connectivity index is 3.87. The van der Waals surface area contributed by atoms with Crippen LogP contribution in [0.3, 0.4) is 0 Å². The molecule has 0 saturated heterocycles. The third kappa shape index (κ3) is 3.77. The van der Waals surface area contributed by atoms with Crippen LogP contribution in [-0.4, -0.2) is 16.7 Å². The minimum Gasteiger partial charge on any atom is -0.353 e. The summed E-state index contributed by atoms with van der Waals surface area (Å²) in [5.74, 6) is -0.0224. The molecule has 0 bridgehead atoms. The molecule has 10 heavy (non-hydrogen) atoms. The molecule has 0 aromatic heterocycles. The number of hydrogen-bond donors (Lipinski definition) is 2. The molecular formula is C7H15NOS. The van der Waals surface area contributed by atoms with Crippen molar-refractivity contribution in [2.45, 2.75) is 38.5 Å². The minimum atomic E-state index is -0.565. The van der Waals surface area contributed by atoms with Crippen molar-refractivity contribution in [3.8, 4) is 0 Å². The van der Waals surface area contributed by atoms with Crippen LogP contribution >= 0.6 is 12.6 Å². The molecule has 2 nitrogen and oxygen atoms in total. The predicted octanol–water partition coefficient (Wildman–Crippen LogP) is 1.22. The van der Waals surface area contributed by atoms with E-state index >= 15 is 0 Å². The lowest BCUT2D eigenvalue weighted by Crippen LogP contribution is -2.41. The summed E-state index contributed by atoms with van der Waals surface area (Å²) < 4.78 is -0.565. The third-order valence-electron chi connectivity index (χ3n) is 0.975. The molecule has 3 heteroatoms. The molecule has 0 aromatic carbocycles. The van der Waals surface area contributed by atoms with Crippen LogP contribution in [-0.2, 0) is 4.79 Å². The van der Waals surface area contributed by atoms with Crippen molar-refractivity contribution in [1.29, 1.82) is 0 Å². The first kappa shape index (κ1) is 9.82. The summed E-state index contributed by atoms with van der Waals surface area (Å²) in [6.07, 6.45) is 0. The predicted molar refractivity (Wildman–Crippen MR) is 46.3 cm³/mol. The number of hydrogen-bond acceptors (Lipinski definition) is 2. The number of nitrogens with one attached hydrogen (secondary N) is 1. The molecule has 60 valence electrons. The first-order valence-electron chi connectivity index (χ1n) is 3.37. The highest BCUT2D eigenvalue weighted by molar-refractivity contribution is 7.82. The van der Waals surface area contributed by atoms with E-state index in [1.54, 1.807) is 13.8 Å². The van der Waals surface area contributed by atoms with Crippen LogP contribution in [0.2, 0.25) is 0 Å². The van der Waals surface area contributed by atoms with E-state index in [-0.39, 0.29) is 11.9 Å². The Bertz CT molecular complexity index is 126. The topological polar surface area (TPSA) is 29.1 Å². The van der Waals surface area contributed by atoms with Gasteiger partial charge >= 0.3 is 0 Å². The summed E-state index contributed by atoms with van der Waals surface area (Å²) in [6, 6.07) is 0.193. The molecule has 0 aliphatic heterocycles.